The average Bonchev–Trinajstić information content (AvgIpc) is 2.54. The molecule has 6 nitrogen and oxygen atoms in total. The summed E-state index contributed by atoms with van der Waals surface area (Å²) >= 11 is 0. The molecule has 0 unspecified atom stereocenters. The van der Waals surface area contributed by atoms with Gasteiger partial charge in [0, 0.05) is 7.05 Å². The van der Waals surface area contributed by atoms with E-state index in [-0.39, 0.29) is 5.09 Å². The standard InChI is InChI=1S/C7H9NO5S/c1-8(5-6(9)10)14(11,12)7-3-2-4-13-7/h2-4H,5H2,1H3,(H,9,10). The number of rotatable bonds is 4. The van der Waals surface area contributed by atoms with Gasteiger partial charge in [0.15, 0.2) is 0 Å². The zero-order valence-corrected chi connectivity index (χ0v) is 8.19. The van der Waals surface area contributed by atoms with Gasteiger partial charge in [0.05, 0.1) is 6.26 Å². The molecule has 0 radical (unpaired) electrons. The molecule has 0 aliphatic carbocycles. The van der Waals surface area contributed by atoms with Crippen LogP contribution in [0.25, 0.3) is 0 Å². The lowest BCUT2D eigenvalue weighted by Gasteiger charge is -2.11. The number of furan rings is 1. The summed E-state index contributed by atoms with van der Waals surface area (Å²) in [4.78, 5) is 10.3. The number of likely N-dealkylation sites (N-methyl/N-ethyl adjacent to an activating group) is 1. The third-order valence-corrected chi connectivity index (χ3v) is 3.21. The number of carbonyl (C=O) groups is 1. The Morgan fingerprint density at radius 3 is 2.71 bits per heavy atom. The van der Waals surface area contributed by atoms with Crippen molar-refractivity contribution in [2.75, 3.05) is 13.6 Å². The number of sulfonamides is 1. The molecule has 14 heavy (non-hydrogen) atoms. The molecule has 1 N–H and O–H groups in total. The number of aliphatic carboxylic acids is 1. The first-order valence-electron chi connectivity index (χ1n) is 3.66. The molecule has 0 atom stereocenters. The number of hydrogen-bond acceptors (Lipinski definition) is 4. The highest BCUT2D eigenvalue weighted by molar-refractivity contribution is 7.89. The predicted molar refractivity (Wildman–Crippen MR) is 46.2 cm³/mol. The largest absolute Gasteiger partial charge is 0.480 e. The lowest BCUT2D eigenvalue weighted by Crippen LogP contribution is -2.31. The van der Waals surface area contributed by atoms with Crippen molar-refractivity contribution in [3.8, 4) is 0 Å². The molecule has 0 aromatic carbocycles. The van der Waals surface area contributed by atoms with E-state index in [1.165, 1.54) is 25.4 Å². The van der Waals surface area contributed by atoms with E-state index < -0.39 is 22.5 Å². The average molecular weight is 219 g/mol. The van der Waals surface area contributed by atoms with Gasteiger partial charge in [0.1, 0.15) is 6.54 Å². The zero-order chi connectivity index (χ0) is 10.8. The Balaban J connectivity index is 2.92. The molecular weight excluding hydrogens is 210 g/mol. The predicted octanol–water partition coefficient (Wildman–Crippen LogP) is -0.0153. The van der Waals surface area contributed by atoms with E-state index in [0.717, 1.165) is 0 Å². The van der Waals surface area contributed by atoms with Crippen molar-refractivity contribution in [2.24, 2.45) is 0 Å². The molecule has 78 valence electrons. The lowest BCUT2D eigenvalue weighted by molar-refractivity contribution is -0.137. The summed E-state index contributed by atoms with van der Waals surface area (Å²) in [6, 6.07) is 2.68. The Morgan fingerprint density at radius 1 is 1.64 bits per heavy atom. The van der Waals surface area contributed by atoms with Crippen LogP contribution >= 0.6 is 0 Å². The maximum absolute atomic E-state index is 11.5. The third kappa shape index (κ3) is 2.12. The van der Waals surface area contributed by atoms with Crippen LogP contribution in [0.2, 0.25) is 0 Å². The summed E-state index contributed by atoms with van der Waals surface area (Å²) in [5, 5.41) is 8.15. The minimum absolute atomic E-state index is 0.263. The number of carboxylic acids is 1. The second-order valence-electron chi connectivity index (χ2n) is 2.59. The highest BCUT2D eigenvalue weighted by Gasteiger charge is 2.24. The topological polar surface area (TPSA) is 87.8 Å². The van der Waals surface area contributed by atoms with Gasteiger partial charge in [-0.25, -0.2) is 8.42 Å². The van der Waals surface area contributed by atoms with Crippen molar-refractivity contribution in [1.29, 1.82) is 0 Å². The molecule has 7 heteroatoms. The van der Waals surface area contributed by atoms with Gasteiger partial charge in [-0.2, -0.15) is 4.31 Å². The van der Waals surface area contributed by atoms with E-state index in [4.69, 9.17) is 5.11 Å². The highest BCUT2D eigenvalue weighted by atomic mass is 32.2. The van der Waals surface area contributed by atoms with Crippen molar-refractivity contribution < 1.29 is 22.7 Å². The van der Waals surface area contributed by atoms with Crippen molar-refractivity contribution in [3.05, 3.63) is 18.4 Å². The van der Waals surface area contributed by atoms with E-state index in [9.17, 15) is 13.2 Å². The van der Waals surface area contributed by atoms with Crippen LogP contribution < -0.4 is 0 Å². The maximum Gasteiger partial charge on any atom is 0.318 e. The molecule has 0 amide bonds. The molecule has 0 bridgehead atoms. The van der Waals surface area contributed by atoms with Crippen LogP contribution in [0.15, 0.2) is 27.9 Å². The van der Waals surface area contributed by atoms with Crippen LogP contribution in [-0.2, 0) is 14.8 Å². The Labute approximate surface area is 80.8 Å². The molecule has 0 saturated carbocycles. The number of carboxylic acid groups (broad SMARTS) is 1. The second kappa shape index (κ2) is 3.81. The van der Waals surface area contributed by atoms with Gasteiger partial charge in [-0.1, -0.05) is 0 Å². The quantitative estimate of drug-likeness (QED) is 0.769. The normalized spacial score (nSPS) is 11.9. The van der Waals surface area contributed by atoms with Crippen LogP contribution in [-0.4, -0.2) is 37.4 Å². The van der Waals surface area contributed by atoms with Crippen molar-refractivity contribution in [1.82, 2.24) is 4.31 Å². The van der Waals surface area contributed by atoms with Crippen molar-refractivity contribution in [3.63, 3.8) is 0 Å². The van der Waals surface area contributed by atoms with E-state index in [1.54, 1.807) is 0 Å². The second-order valence-corrected chi connectivity index (χ2v) is 4.56. The smallest absolute Gasteiger partial charge is 0.318 e. The van der Waals surface area contributed by atoms with E-state index in [1.807, 2.05) is 0 Å². The summed E-state index contributed by atoms with van der Waals surface area (Å²) in [7, 11) is -2.63. The fourth-order valence-electron chi connectivity index (χ4n) is 0.839. The molecule has 0 saturated heterocycles. The first-order chi connectivity index (χ1) is 6.44. The Bertz CT molecular complexity index is 407. The zero-order valence-electron chi connectivity index (χ0n) is 7.37. The summed E-state index contributed by atoms with van der Waals surface area (Å²) in [6.07, 6.45) is 1.21. The van der Waals surface area contributed by atoms with Gasteiger partial charge in [0.2, 0.25) is 5.09 Å². The molecule has 1 aromatic heterocycles. The van der Waals surface area contributed by atoms with Crippen molar-refractivity contribution in [2.45, 2.75) is 5.09 Å². The number of nitrogens with zero attached hydrogens (tertiary/aromatic N) is 1. The van der Waals surface area contributed by atoms with Gasteiger partial charge >= 0.3 is 5.97 Å². The molecular formula is C7H9NO5S. The Morgan fingerprint density at radius 2 is 2.29 bits per heavy atom. The molecule has 0 aliphatic heterocycles. The lowest BCUT2D eigenvalue weighted by atomic mass is 10.7. The fraction of sp³-hybridized carbons (Fsp3) is 0.286. The van der Waals surface area contributed by atoms with E-state index in [0.29, 0.717) is 4.31 Å². The fourth-order valence-corrected chi connectivity index (χ4v) is 1.85. The van der Waals surface area contributed by atoms with Gasteiger partial charge in [-0.3, -0.25) is 4.79 Å². The van der Waals surface area contributed by atoms with Gasteiger partial charge in [-0.05, 0) is 12.1 Å². The summed E-state index contributed by atoms with van der Waals surface area (Å²) in [6.45, 7) is -0.594. The first-order valence-corrected chi connectivity index (χ1v) is 5.10. The van der Waals surface area contributed by atoms with Gasteiger partial charge in [0.25, 0.3) is 10.0 Å². The summed E-state index contributed by atoms with van der Waals surface area (Å²) in [5.74, 6) is -1.22. The van der Waals surface area contributed by atoms with Crippen LogP contribution in [0, 0.1) is 0 Å². The van der Waals surface area contributed by atoms with E-state index >= 15 is 0 Å². The molecule has 0 fully saturated rings. The molecule has 1 aromatic rings. The van der Waals surface area contributed by atoms with Crippen LogP contribution in [0.3, 0.4) is 0 Å². The van der Waals surface area contributed by atoms with Crippen LogP contribution in [0.1, 0.15) is 0 Å². The maximum atomic E-state index is 11.5. The highest BCUT2D eigenvalue weighted by Crippen LogP contribution is 2.13. The minimum Gasteiger partial charge on any atom is -0.480 e. The van der Waals surface area contributed by atoms with Gasteiger partial charge < -0.3 is 9.52 Å². The third-order valence-electron chi connectivity index (χ3n) is 1.52. The molecule has 1 rings (SSSR count). The van der Waals surface area contributed by atoms with E-state index in [2.05, 4.69) is 4.42 Å². The monoisotopic (exact) mass is 219 g/mol. The Kier molecular flexibility index (Phi) is 2.92. The SMILES string of the molecule is CN(CC(=O)O)S(=O)(=O)c1ccco1. The molecule has 0 spiro atoms. The number of hydrogen-bond donors (Lipinski definition) is 1. The van der Waals surface area contributed by atoms with Crippen molar-refractivity contribution >= 4 is 16.0 Å². The minimum atomic E-state index is -3.80. The van der Waals surface area contributed by atoms with Crippen LogP contribution in [0.4, 0.5) is 0 Å². The van der Waals surface area contributed by atoms with Gasteiger partial charge in [-0.15, -0.1) is 0 Å². The van der Waals surface area contributed by atoms with Crippen LogP contribution in [0.5, 0.6) is 0 Å². The molecule has 0 aliphatic rings. The summed E-state index contributed by atoms with van der Waals surface area (Å²) < 4.78 is 28.4. The first kappa shape index (κ1) is 10.7. The Hall–Kier alpha value is -1.34. The summed E-state index contributed by atoms with van der Waals surface area (Å²) in [5.41, 5.74) is 0. The molecule has 1 heterocycles.